The van der Waals surface area contributed by atoms with Crippen LogP contribution in [0.15, 0.2) is 29.8 Å². The third-order valence-corrected chi connectivity index (χ3v) is 3.81. The van der Waals surface area contributed by atoms with Crippen LogP contribution >= 0.6 is 11.3 Å². The molecule has 5 heteroatoms. The summed E-state index contributed by atoms with van der Waals surface area (Å²) in [7, 11) is 0. The number of nitrogen functional groups attached to an aromatic ring is 1. The molecule has 0 aliphatic rings. The molecule has 1 aromatic carbocycles. The van der Waals surface area contributed by atoms with Crippen LogP contribution in [0.3, 0.4) is 0 Å². The van der Waals surface area contributed by atoms with Crippen molar-refractivity contribution >= 4 is 22.7 Å². The average Bonchev–Trinajstić information content (AvgIpc) is 2.93. The summed E-state index contributed by atoms with van der Waals surface area (Å²) in [5.74, 6) is 0.721. The van der Waals surface area contributed by atoms with E-state index in [0.29, 0.717) is 5.69 Å². The lowest BCUT2D eigenvalue weighted by molar-refractivity contribution is 0.244. The zero-order valence-electron chi connectivity index (χ0n) is 12.1. The van der Waals surface area contributed by atoms with E-state index in [2.05, 4.69) is 17.2 Å². The minimum absolute atomic E-state index is 0.105. The number of anilines is 2. The molecule has 1 unspecified atom stereocenters. The maximum atomic E-state index is 6.18. The second-order valence-electron chi connectivity index (χ2n) is 4.86. The molecule has 108 valence electrons. The first-order valence-corrected chi connectivity index (χ1v) is 7.70. The van der Waals surface area contributed by atoms with Gasteiger partial charge >= 0.3 is 0 Å². The number of para-hydroxylation sites is 1. The molecule has 0 fully saturated rings. The van der Waals surface area contributed by atoms with Crippen molar-refractivity contribution in [3.05, 3.63) is 34.8 Å². The van der Waals surface area contributed by atoms with E-state index in [0.717, 1.165) is 22.9 Å². The van der Waals surface area contributed by atoms with Gasteiger partial charge in [0, 0.05) is 11.6 Å². The minimum Gasteiger partial charge on any atom is -0.489 e. The third kappa shape index (κ3) is 3.42. The highest BCUT2D eigenvalue weighted by Crippen LogP contribution is 2.33. The maximum Gasteiger partial charge on any atom is 0.144 e. The van der Waals surface area contributed by atoms with Crippen molar-refractivity contribution in [3.8, 4) is 5.75 Å². The monoisotopic (exact) mass is 291 g/mol. The third-order valence-electron chi connectivity index (χ3n) is 2.92. The Morgan fingerprint density at radius 1 is 1.40 bits per heavy atom. The molecule has 0 bridgehead atoms. The summed E-state index contributed by atoms with van der Waals surface area (Å²) in [6, 6.07) is 5.99. The van der Waals surface area contributed by atoms with Gasteiger partial charge in [-0.3, -0.25) is 0 Å². The van der Waals surface area contributed by atoms with E-state index >= 15 is 0 Å². The van der Waals surface area contributed by atoms with E-state index in [-0.39, 0.29) is 12.1 Å². The van der Waals surface area contributed by atoms with Crippen LogP contribution in [-0.2, 0) is 0 Å². The molecule has 2 rings (SSSR count). The van der Waals surface area contributed by atoms with Gasteiger partial charge in [0.2, 0.25) is 0 Å². The number of nitrogens with two attached hydrogens (primary N) is 1. The summed E-state index contributed by atoms with van der Waals surface area (Å²) in [5, 5.41) is 6.51. The molecular formula is C15H21N3OS. The van der Waals surface area contributed by atoms with Crippen molar-refractivity contribution < 1.29 is 4.74 Å². The van der Waals surface area contributed by atoms with Gasteiger partial charge in [0.1, 0.15) is 10.8 Å². The van der Waals surface area contributed by atoms with E-state index in [1.54, 1.807) is 11.3 Å². The van der Waals surface area contributed by atoms with Crippen LogP contribution in [-0.4, -0.2) is 11.1 Å². The molecule has 2 aromatic rings. The number of thiazole rings is 1. The zero-order valence-corrected chi connectivity index (χ0v) is 12.9. The van der Waals surface area contributed by atoms with Crippen LogP contribution in [0.5, 0.6) is 5.75 Å². The standard InChI is InChI=1S/C15H21N3OS/c1-4-11(15-17-8-9-20-15)18-12-6-5-7-13(14(12)16)19-10(2)3/h5-11,18H,4,16H2,1-3H3. The molecule has 0 saturated heterocycles. The van der Waals surface area contributed by atoms with Gasteiger partial charge in [0.15, 0.2) is 0 Å². The Kier molecular flexibility index (Phi) is 4.84. The SMILES string of the molecule is CCC(Nc1cccc(OC(C)C)c1N)c1nccs1. The molecular weight excluding hydrogens is 270 g/mol. The normalized spacial score (nSPS) is 12.4. The van der Waals surface area contributed by atoms with Gasteiger partial charge in [-0.15, -0.1) is 11.3 Å². The quantitative estimate of drug-likeness (QED) is 0.787. The first-order chi connectivity index (χ1) is 9.61. The number of ether oxygens (including phenoxy) is 1. The van der Waals surface area contributed by atoms with Gasteiger partial charge in [0.25, 0.3) is 0 Å². The highest BCUT2D eigenvalue weighted by molar-refractivity contribution is 7.09. The van der Waals surface area contributed by atoms with Crippen molar-refractivity contribution in [1.82, 2.24) is 4.98 Å². The van der Waals surface area contributed by atoms with Crippen molar-refractivity contribution in [2.45, 2.75) is 39.3 Å². The molecule has 1 heterocycles. The van der Waals surface area contributed by atoms with Gasteiger partial charge in [-0.25, -0.2) is 4.98 Å². The lowest BCUT2D eigenvalue weighted by Gasteiger charge is -2.20. The molecule has 3 N–H and O–H groups in total. The Bertz CT molecular complexity index is 540. The summed E-state index contributed by atoms with van der Waals surface area (Å²) < 4.78 is 5.71. The van der Waals surface area contributed by atoms with E-state index in [1.807, 2.05) is 43.6 Å². The predicted octanol–water partition coefficient (Wildman–Crippen LogP) is 4.08. The van der Waals surface area contributed by atoms with Gasteiger partial charge in [0.05, 0.1) is 23.5 Å². The smallest absolute Gasteiger partial charge is 0.144 e. The van der Waals surface area contributed by atoms with Crippen LogP contribution in [0.2, 0.25) is 0 Å². The van der Waals surface area contributed by atoms with Crippen LogP contribution < -0.4 is 15.8 Å². The van der Waals surface area contributed by atoms with Gasteiger partial charge in [-0.05, 0) is 32.4 Å². The lowest BCUT2D eigenvalue weighted by atomic mass is 10.2. The van der Waals surface area contributed by atoms with Gasteiger partial charge in [-0.2, -0.15) is 0 Å². The summed E-state index contributed by atoms with van der Waals surface area (Å²) in [6.07, 6.45) is 2.88. The van der Waals surface area contributed by atoms with Crippen LogP contribution in [0.4, 0.5) is 11.4 Å². The fraction of sp³-hybridized carbons (Fsp3) is 0.400. The summed E-state index contributed by atoms with van der Waals surface area (Å²) in [5.41, 5.74) is 7.73. The highest BCUT2D eigenvalue weighted by Gasteiger charge is 2.15. The Labute approximate surface area is 124 Å². The molecule has 4 nitrogen and oxygen atoms in total. The van der Waals surface area contributed by atoms with Crippen molar-refractivity contribution in [2.24, 2.45) is 0 Å². The second-order valence-corrected chi connectivity index (χ2v) is 5.79. The lowest BCUT2D eigenvalue weighted by Crippen LogP contribution is -2.12. The average molecular weight is 291 g/mol. The number of nitrogens with zero attached hydrogens (tertiary/aromatic N) is 1. The van der Waals surface area contributed by atoms with Crippen LogP contribution in [0, 0.1) is 0 Å². The molecule has 0 spiro atoms. The molecule has 1 aromatic heterocycles. The fourth-order valence-corrected chi connectivity index (χ4v) is 2.73. The topological polar surface area (TPSA) is 60.2 Å². The second kappa shape index (κ2) is 6.61. The Morgan fingerprint density at radius 3 is 2.80 bits per heavy atom. The number of aromatic nitrogens is 1. The Balaban J connectivity index is 2.20. The molecule has 0 aliphatic heterocycles. The van der Waals surface area contributed by atoms with Crippen LogP contribution in [0.25, 0.3) is 0 Å². The molecule has 20 heavy (non-hydrogen) atoms. The molecule has 0 amide bonds. The van der Waals surface area contributed by atoms with Crippen molar-refractivity contribution in [2.75, 3.05) is 11.1 Å². The van der Waals surface area contributed by atoms with Crippen molar-refractivity contribution in [3.63, 3.8) is 0 Å². The first-order valence-electron chi connectivity index (χ1n) is 6.82. The number of rotatable bonds is 6. The number of hydrogen-bond acceptors (Lipinski definition) is 5. The number of nitrogens with one attached hydrogen (secondary N) is 1. The van der Waals surface area contributed by atoms with E-state index < -0.39 is 0 Å². The van der Waals surface area contributed by atoms with Crippen LogP contribution in [0.1, 0.15) is 38.2 Å². The molecule has 0 aliphatic carbocycles. The first kappa shape index (κ1) is 14.7. The van der Waals surface area contributed by atoms with E-state index in [1.165, 1.54) is 0 Å². The Morgan fingerprint density at radius 2 is 2.20 bits per heavy atom. The fourth-order valence-electron chi connectivity index (χ4n) is 1.96. The number of hydrogen-bond donors (Lipinski definition) is 2. The largest absolute Gasteiger partial charge is 0.489 e. The Hall–Kier alpha value is -1.75. The molecule has 0 saturated carbocycles. The molecule has 1 atom stereocenters. The van der Waals surface area contributed by atoms with Crippen molar-refractivity contribution in [1.29, 1.82) is 0 Å². The van der Waals surface area contributed by atoms with E-state index in [9.17, 15) is 0 Å². The number of benzene rings is 1. The minimum atomic E-state index is 0.105. The summed E-state index contributed by atoms with van der Waals surface area (Å²) in [6.45, 7) is 6.11. The summed E-state index contributed by atoms with van der Waals surface area (Å²) >= 11 is 1.65. The van der Waals surface area contributed by atoms with Gasteiger partial charge in [-0.1, -0.05) is 13.0 Å². The highest BCUT2D eigenvalue weighted by atomic mass is 32.1. The maximum absolute atomic E-state index is 6.18. The van der Waals surface area contributed by atoms with E-state index in [4.69, 9.17) is 10.5 Å². The molecule has 0 radical (unpaired) electrons. The predicted molar refractivity (Wildman–Crippen MR) is 85.4 cm³/mol. The van der Waals surface area contributed by atoms with Gasteiger partial charge < -0.3 is 15.8 Å². The zero-order chi connectivity index (χ0) is 14.5. The summed E-state index contributed by atoms with van der Waals surface area (Å²) in [4.78, 5) is 4.37.